The van der Waals surface area contributed by atoms with Gasteiger partial charge in [-0.15, -0.1) is 0 Å². The van der Waals surface area contributed by atoms with E-state index in [4.69, 9.17) is 9.47 Å². The van der Waals surface area contributed by atoms with Gasteiger partial charge in [0.25, 0.3) is 11.8 Å². The summed E-state index contributed by atoms with van der Waals surface area (Å²) in [6, 6.07) is 26.2. The molecule has 33 heavy (non-hydrogen) atoms. The van der Waals surface area contributed by atoms with Gasteiger partial charge in [-0.1, -0.05) is 60.7 Å². The highest BCUT2D eigenvalue weighted by molar-refractivity contribution is 5.85. The first kappa shape index (κ1) is 23.7. The lowest BCUT2D eigenvalue weighted by molar-refractivity contribution is -0.131. The number of hydrazone groups is 1. The first-order valence-electron chi connectivity index (χ1n) is 10.6. The fraction of sp³-hybridized carbons (Fsp3) is 0.192. The van der Waals surface area contributed by atoms with Gasteiger partial charge in [0.15, 0.2) is 12.7 Å². The molecule has 3 aromatic carbocycles. The molecule has 0 aliphatic rings. The molecule has 0 aliphatic carbocycles. The first-order valence-corrected chi connectivity index (χ1v) is 10.6. The quantitative estimate of drug-likeness (QED) is 0.350. The minimum Gasteiger partial charge on any atom is -0.484 e. The summed E-state index contributed by atoms with van der Waals surface area (Å²) in [6.45, 7) is 0.498. The van der Waals surface area contributed by atoms with Crippen LogP contribution in [0.1, 0.15) is 22.8 Å². The molecule has 2 N–H and O–H groups in total. The summed E-state index contributed by atoms with van der Waals surface area (Å²) in [5.41, 5.74) is 5.17. The van der Waals surface area contributed by atoms with Crippen molar-refractivity contribution in [2.24, 2.45) is 5.10 Å². The molecule has 7 heteroatoms. The van der Waals surface area contributed by atoms with Crippen LogP contribution in [-0.4, -0.2) is 38.3 Å². The summed E-state index contributed by atoms with van der Waals surface area (Å²) in [4.78, 5) is 24.3. The van der Waals surface area contributed by atoms with Gasteiger partial charge in [0.1, 0.15) is 5.75 Å². The summed E-state index contributed by atoms with van der Waals surface area (Å²) in [5.74, 6) is 0.0292. The van der Waals surface area contributed by atoms with Crippen molar-refractivity contribution in [3.05, 3.63) is 102 Å². The lowest BCUT2D eigenvalue weighted by Crippen LogP contribution is -2.30. The second-order valence-electron chi connectivity index (χ2n) is 7.20. The minimum absolute atomic E-state index is 0.0594. The van der Waals surface area contributed by atoms with Gasteiger partial charge in [0, 0.05) is 13.7 Å². The van der Waals surface area contributed by atoms with Gasteiger partial charge in [0.2, 0.25) is 0 Å². The number of nitrogens with zero attached hydrogens (tertiary/aromatic N) is 1. The second-order valence-corrected chi connectivity index (χ2v) is 7.20. The number of rotatable bonds is 11. The Hall–Kier alpha value is -3.97. The van der Waals surface area contributed by atoms with Crippen molar-refractivity contribution in [1.82, 2.24) is 10.7 Å². The van der Waals surface area contributed by atoms with Gasteiger partial charge in [-0.2, -0.15) is 5.10 Å². The maximum Gasteiger partial charge on any atom is 0.273 e. The van der Waals surface area contributed by atoms with Crippen molar-refractivity contribution >= 4 is 18.0 Å². The van der Waals surface area contributed by atoms with Crippen LogP contribution in [0.5, 0.6) is 5.75 Å². The fourth-order valence-electron chi connectivity index (χ4n) is 3.09. The highest BCUT2D eigenvalue weighted by Gasteiger charge is 2.19. The van der Waals surface area contributed by atoms with Gasteiger partial charge in [-0.05, 0) is 47.4 Å². The van der Waals surface area contributed by atoms with Crippen molar-refractivity contribution in [2.45, 2.75) is 12.5 Å². The average molecular weight is 446 g/mol. The monoisotopic (exact) mass is 445 g/mol. The molecule has 0 aromatic heterocycles. The minimum atomic E-state index is -0.738. The van der Waals surface area contributed by atoms with Gasteiger partial charge in [-0.25, -0.2) is 5.43 Å². The predicted octanol–water partition coefficient (Wildman–Crippen LogP) is 3.26. The SMILES string of the molecule is CO[C@H](C(=O)N/N=C\c1ccc(OCC(=O)NCCc2ccccc2)cc1)c1ccccc1. The van der Waals surface area contributed by atoms with E-state index in [1.807, 2.05) is 60.7 Å². The Balaban J connectivity index is 1.40. The number of hydrogen-bond acceptors (Lipinski definition) is 5. The highest BCUT2D eigenvalue weighted by Crippen LogP contribution is 2.16. The number of amides is 2. The molecule has 1 atom stereocenters. The molecule has 0 unspecified atom stereocenters. The van der Waals surface area contributed by atoms with E-state index in [1.165, 1.54) is 18.9 Å². The Morgan fingerprint density at radius 1 is 0.939 bits per heavy atom. The molecule has 3 aromatic rings. The van der Waals surface area contributed by atoms with E-state index in [0.29, 0.717) is 12.3 Å². The lowest BCUT2D eigenvalue weighted by atomic mass is 10.1. The number of carbonyl (C=O) groups is 2. The summed E-state index contributed by atoms with van der Waals surface area (Å²) in [5, 5.41) is 6.83. The van der Waals surface area contributed by atoms with E-state index in [1.54, 1.807) is 24.3 Å². The predicted molar refractivity (Wildman–Crippen MR) is 127 cm³/mol. The fourth-order valence-corrected chi connectivity index (χ4v) is 3.09. The highest BCUT2D eigenvalue weighted by atomic mass is 16.5. The van der Waals surface area contributed by atoms with Crippen LogP contribution >= 0.6 is 0 Å². The topological polar surface area (TPSA) is 89.0 Å². The van der Waals surface area contributed by atoms with E-state index < -0.39 is 6.10 Å². The molecule has 0 fully saturated rings. The Labute approximate surface area is 193 Å². The molecule has 0 bridgehead atoms. The van der Waals surface area contributed by atoms with Crippen LogP contribution in [0.4, 0.5) is 0 Å². The molecule has 7 nitrogen and oxygen atoms in total. The molecule has 170 valence electrons. The van der Waals surface area contributed by atoms with Crippen LogP contribution in [0.15, 0.2) is 90.0 Å². The van der Waals surface area contributed by atoms with Gasteiger partial charge < -0.3 is 14.8 Å². The normalized spacial score (nSPS) is 11.7. The standard InChI is InChI=1S/C26H27N3O4/c1-32-25(22-10-6-3-7-11-22)26(31)29-28-18-21-12-14-23(15-13-21)33-19-24(30)27-17-16-20-8-4-2-5-9-20/h2-15,18,25H,16-17,19H2,1H3,(H,27,30)(H,29,31)/b28-18-/t25-/m0/s1. The van der Waals surface area contributed by atoms with Crippen molar-refractivity contribution in [3.63, 3.8) is 0 Å². The molecule has 3 rings (SSSR count). The second kappa shape index (κ2) is 12.8. The van der Waals surface area contributed by atoms with Gasteiger partial charge in [-0.3, -0.25) is 9.59 Å². The number of carbonyl (C=O) groups excluding carboxylic acids is 2. The van der Waals surface area contributed by atoms with Crippen LogP contribution in [0.25, 0.3) is 0 Å². The zero-order valence-electron chi connectivity index (χ0n) is 18.4. The van der Waals surface area contributed by atoms with E-state index in [9.17, 15) is 9.59 Å². The number of hydrogen-bond donors (Lipinski definition) is 2. The smallest absolute Gasteiger partial charge is 0.273 e. The zero-order valence-corrected chi connectivity index (χ0v) is 18.4. The molecule has 2 amide bonds. The van der Waals surface area contributed by atoms with E-state index in [2.05, 4.69) is 15.8 Å². The molecular weight excluding hydrogens is 418 g/mol. The average Bonchev–Trinajstić information content (AvgIpc) is 2.85. The Kier molecular flexibility index (Phi) is 9.17. The summed E-state index contributed by atoms with van der Waals surface area (Å²) < 4.78 is 10.8. The molecule has 0 aliphatic heterocycles. The third-order valence-corrected chi connectivity index (χ3v) is 4.79. The molecule has 0 radical (unpaired) electrons. The third-order valence-electron chi connectivity index (χ3n) is 4.79. The number of nitrogens with one attached hydrogen (secondary N) is 2. The van der Waals surface area contributed by atoms with Crippen LogP contribution in [0.2, 0.25) is 0 Å². The van der Waals surface area contributed by atoms with Crippen molar-refractivity contribution < 1.29 is 19.1 Å². The Morgan fingerprint density at radius 3 is 2.27 bits per heavy atom. The van der Waals surface area contributed by atoms with Crippen LogP contribution in [0, 0.1) is 0 Å². The largest absolute Gasteiger partial charge is 0.484 e. The summed E-state index contributed by atoms with van der Waals surface area (Å²) in [6.07, 6.45) is 1.56. The van der Waals surface area contributed by atoms with Crippen LogP contribution in [0.3, 0.4) is 0 Å². The Bertz CT molecular complexity index is 1040. The van der Waals surface area contributed by atoms with Gasteiger partial charge in [0.05, 0.1) is 6.21 Å². The molecule has 0 spiro atoms. The zero-order chi connectivity index (χ0) is 23.3. The van der Waals surface area contributed by atoms with Crippen molar-refractivity contribution in [3.8, 4) is 5.75 Å². The first-order chi connectivity index (χ1) is 16.2. The third kappa shape index (κ3) is 7.90. The maximum absolute atomic E-state index is 12.3. The summed E-state index contributed by atoms with van der Waals surface area (Å²) in [7, 11) is 1.48. The van der Waals surface area contributed by atoms with Crippen molar-refractivity contribution in [1.29, 1.82) is 0 Å². The maximum atomic E-state index is 12.3. The Morgan fingerprint density at radius 2 is 1.61 bits per heavy atom. The molecule has 0 heterocycles. The molecular formula is C26H27N3O4. The van der Waals surface area contributed by atoms with E-state index >= 15 is 0 Å². The van der Waals surface area contributed by atoms with E-state index in [-0.39, 0.29) is 18.4 Å². The van der Waals surface area contributed by atoms with Crippen LogP contribution in [-0.2, 0) is 20.7 Å². The van der Waals surface area contributed by atoms with Crippen LogP contribution < -0.4 is 15.5 Å². The summed E-state index contributed by atoms with van der Waals surface area (Å²) >= 11 is 0. The van der Waals surface area contributed by atoms with Gasteiger partial charge >= 0.3 is 0 Å². The number of ether oxygens (including phenoxy) is 2. The number of methoxy groups -OCH3 is 1. The van der Waals surface area contributed by atoms with Crippen molar-refractivity contribution in [2.75, 3.05) is 20.3 Å². The van der Waals surface area contributed by atoms with E-state index in [0.717, 1.165) is 17.5 Å². The molecule has 0 saturated heterocycles. The lowest BCUT2D eigenvalue weighted by Gasteiger charge is -2.13. The number of benzene rings is 3. The molecule has 0 saturated carbocycles.